The van der Waals surface area contributed by atoms with E-state index in [9.17, 15) is 4.79 Å². The molecule has 0 spiro atoms. The second-order valence-electron chi connectivity index (χ2n) is 8.11. The predicted molar refractivity (Wildman–Crippen MR) is 132 cm³/mol. The molecule has 3 aromatic carbocycles. The van der Waals surface area contributed by atoms with E-state index in [1.54, 1.807) is 13.2 Å². The van der Waals surface area contributed by atoms with E-state index in [1.165, 1.54) is 5.39 Å². The van der Waals surface area contributed by atoms with Gasteiger partial charge in [-0.1, -0.05) is 54.6 Å². The number of piperazine rings is 1. The number of nitrogens with zero attached hydrogens (tertiary/aromatic N) is 4. The van der Waals surface area contributed by atoms with Gasteiger partial charge in [0.2, 0.25) is 0 Å². The Morgan fingerprint density at radius 3 is 2.32 bits per heavy atom. The average Bonchev–Trinajstić information content (AvgIpc) is 2.92. The summed E-state index contributed by atoms with van der Waals surface area (Å²) in [5.41, 5.74) is 1.92. The van der Waals surface area contributed by atoms with E-state index in [4.69, 9.17) is 9.47 Å². The monoisotopic (exact) mass is 454 g/mol. The van der Waals surface area contributed by atoms with Gasteiger partial charge in [0.05, 0.1) is 12.8 Å². The Morgan fingerprint density at radius 2 is 1.56 bits per heavy atom. The van der Waals surface area contributed by atoms with Crippen LogP contribution in [-0.2, 0) is 4.79 Å². The summed E-state index contributed by atoms with van der Waals surface area (Å²) in [4.78, 5) is 16.6. The molecule has 1 aromatic heterocycles. The minimum Gasteiger partial charge on any atom is -0.493 e. The Bertz CT molecular complexity index is 1280. The lowest BCUT2D eigenvalue weighted by Crippen LogP contribution is -2.50. The van der Waals surface area contributed by atoms with Crippen molar-refractivity contribution < 1.29 is 14.3 Å². The maximum absolute atomic E-state index is 12.6. The highest BCUT2D eigenvalue weighted by atomic mass is 16.5. The number of benzene rings is 3. The molecule has 7 nitrogen and oxygen atoms in total. The van der Waals surface area contributed by atoms with Crippen LogP contribution in [0.1, 0.15) is 0 Å². The van der Waals surface area contributed by atoms with Crippen molar-refractivity contribution in [3.8, 4) is 22.8 Å². The zero-order valence-corrected chi connectivity index (χ0v) is 19.1. The van der Waals surface area contributed by atoms with Gasteiger partial charge in [0, 0.05) is 31.7 Å². The summed E-state index contributed by atoms with van der Waals surface area (Å²) in [5, 5.41) is 11.3. The number of carbonyl (C=O) groups is 1. The quantitative estimate of drug-likeness (QED) is 0.438. The molecular weight excluding hydrogens is 428 g/mol. The maximum Gasteiger partial charge on any atom is 0.260 e. The first kappa shape index (κ1) is 21.7. The highest BCUT2D eigenvalue weighted by Gasteiger charge is 2.23. The third-order valence-electron chi connectivity index (χ3n) is 6.09. The van der Waals surface area contributed by atoms with Crippen LogP contribution in [0.15, 0.2) is 78.9 Å². The van der Waals surface area contributed by atoms with E-state index in [0.29, 0.717) is 37.7 Å². The number of hydrogen-bond acceptors (Lipinski definition) is 6. The molecule has 0 bridgehead atoms. The first-order chi connectivity index (χ1) is 16.7. The molecule has 1 aliphatic heterocycles. The van der Waals surface area contributed by atoms with Crippen molar-refractivity contribution in [1.82, 2.24) is 15.1 Å². The highest BCUT2D eigenvalue weighted by Crippen LogP contribution is 2.28. The summed E-state index contributed by atoms with van der Waals surface area (Å²) >= 11 is 0. The van der Waals surface area contributed by atoms with E-state index < -0.39 is 0 Å². The van der Waals surface area contributed by atoms with Crippen molar-refractivity contribution >= 4 is 22.5 Å². The number of carbonyl (C=O) groups excluding carboxylic acids is 1. The van der Waals surface area contributed by atoms with Gasteiger partial charge in [-0.2, -0.15) is 0 Å². The Labute approximate surface area is 198 Å². The fourth-order valence-electron chi connectivity index (χ4n) is 4.24. The molecule has 0 radical (unpaired) electrons. The van der Waals surface area contributed by atoms with Crippen LogP contribution in [0, 0.1) is 0 Å². The SMILES string of the molecule is COc1ccccc1OCC(=O)N1CCN(c2ccc(-c3cccc4ccccc34)nn2)CC1. The molecule has 1 fully saturated rings. The third kappa shape index (κ3) is 4.50. The van der Waals surface area contributed by atoms with Crippen LogP contribution in [0.3, 0.4) is 0 Å². The molecule has 0 unspecified atom stereocenters. The van der Waals surface area contributed by atoms with E-state index in [1.807, 2.05) is 53.4 Å². The smallest absolute Gasteiger partial charge is 0.260 e. The van der Waals surface area contributed by atoms with Gasteiger partial charge < -0.3 is 19.3 Å². The van der Waals surface area contributed by atoms with Crippen LogP contribution in [0.4, 0.5) is 5.82 Å². The summed E-state index contributed by atoms with van der Waals surface area (Å²) < 4.78 is 11.0. The Morgan fingerprint density at radius 1 is 0.824 bits per heavy atom. The molecule has 0 N–H and O–H groups in total. The average molecular weight is 455 g/mol. The zero-order valence-electron chi connectivity index (χ0n) is 19.1. The molecule has 7 heteroatoms. The van der Waals surface area contributed by atoms with Crippen LogP contribution in [0.5, 0.6) is 11.5 Å². The van der Waals surface area contributed by atoms with E-state index in [0.717, 1.165) is 22.5 Å². The summed E-state index contributed by atoms with van der Waals surface area (Å²) in [6.45, 7) is 2.60. The molecule has 0 atom stereocenters. The second kappa shape index (κ2) is 9.79. The molecule has 1 amide bonds. The summed E-state index contributed by atoms with van der Waals surface area (Å²) in [5.74, 6) is 1.97. The number of aromatic nitrogens is 2. The van der Waals surface area contributed by atoms with Crippen molar-refractivity contribution in [2.45, 2.75) is 0 Å². The molecule has 4 aromatic rings. The lowest BCUT2D eigenvalue weighted by atomic mass is 10.0. The second-order valence-corrected chi connectivity index (χ2v) is 8.11. The summed E-state index contributed by atoms with van der Waals surface area (Å²) in [6.07, 6.45) is 0. The molecule has 2 heterocycles. The molecule has 0 saturated carbocycles. The van der Waals surface area contributed by atoms with Crippen LogP contribution in [0.25, 0.3) is 22.0 Å². The molecule has 1 aliphatic rings. The van der Waals surface area contributed by atoms with Crippen LogP contribution >= 0.6 is 0 Å². The normalized spacial score (nSPS) is 13.7. The maximum atomic E-state index is 12.6. The van der Waals surface area contributed by atoms with E-state index >= 15 is 0 Å². The molecule has 5 rings (SSSR count). The van der Waals surface area contributed by atoms with Crippen molar-refractivity contribution in [1.29, 1.82) is 0 Å². The summed E-state index contributed by atoms with van der Waals surface area (Å²) in [7, 11) is 1.58. The number of methoxy groups -OCH3 is 1. The van der Waals surface area contributed by atoms with Gasteiger partial charge in [0.15, 0.2) is 23.9 Å². The fourth-order valence-corrected chi connectivity index (χ4v) is 4.24. The number of anilines is 1. The van der Waals surface area contributed by atoms with Crippen LogP contribution in [-0.4, -0.2) is 60.9 Å². The Kier molecular flexibility index (Phi) is 6.25. The van der Waals surface area contributed by atoms with Crippen LogP contribution < -0.4 is 14.4 Å². The van der Waals surface area contributed by atoms with Crippen molar-refractivity contribution in [3.63, 3.8) is 0 Å². The highest BCUT2D eigenvalue weighted by molar-refractivity contribution is 5.95. The van der Waals surface area contributed by atoms with Gasteiger partial charge in [-0.3, -0.25) is 4.79 Å². The number of fused-ring (bicyclic) bond motifs is 1. The zero-order chi connectivity index (χ0) is 23.3. The van der Waals surface area contributed by atoms with Gasteiger partial charge in [0.25, 0.3) is 5.91 Å². The summed E-state index contributed by atoms with van der Waals surface area (Å²) in [6, 6.07) is 25.8. The Hall–Kier alpha value is -4.13. The minimum atomic E-state index is -0.0389. The third-order valence-corrected chi connectivity index (χ3v) is 6.09. The molecule has 0 aliphatic carbocycles. The molecule has 172 valence electrons. The van der Waals surface area contributed by atoms with Gasteiger partial charge in [0.1, 0.15) is 0 Å². The van der Waals surface area contributed by atoms with Gasteiger partial charge in [-0.25, -0.2) is 0 Å². The topological polar surface area (TPSA) is 67.8 Å². The number of ether oxygens (including phenoxy) is 2. The van der Waals surface area contributed by atoms with E-state index in [-0.39, 0.29) is 12.5 Å². The molecule has 34 heavy (non-hydrogen) atoms. The Balaban J connectivity index is 1.19. The lowest BCUT2D eigenvalue weighted by Gasteiger charge is -2.35. The van der Waals surface area contributed by atoms with Crippen molar-refractivity contribution in [2.24, 2.45) is 0 Å². The molecule has 1 saturated heterocycles. The first-order valence-electron chi connectivity index (χ1n) is 11.3. The van der Waals surface area contributed by atoms with Crippen LogP contribution in [0.2, 0.25) is 0 Å². The minimum absolute atomic E-state index is 0.0140. The van der Waals surface area contributed by atoms with Crippen molar-refractivity contribution in [3.05, 3.63) is 78.9 Å². The number of para-hydroxylation sites is 2. The first-order valence-corrected chi connectivity index (χ1v) is 11.3. The molecular formula is C27H26N4O3. The van der Waals surface area contributed by atoms with Crippen molar-refractivity contribution in [2.75, 3.05) is 44.8 Å². The lowest BCUT2D eigenvalue weighted by molar-refractivity contribution is -0.133. The van der Waals surface area contributed by atoms with E-state index in [2.05, 4.69) is 39.4 Å². The van der Waals surface area contributed by atoms with Gasteiger partial charge in [-0.05, 0) is 35.0 Å². The standard InChI is InChI=1S/C27H26N4O3/c1-33-24-11-4-5-12-25(24)34-19-27(32)31-17-15-30(16-18-31)26-14-13-23(28-29-26)22-10-6-8-20-7-2-3-9-21(20)22/h2-14H,15-19H2,1H3. The van der Waals surface area contributed by atoms with Gasteiger partial charge >= 0.3 is 0 Å². The fraction of sp³-hybridized carbons (Fsp3) is 0.222. The van der Waals surface area contributed by atoms with Gasteiger partial charge in [-0.15, -0.1) is 10.2 Å². The number of amides is 1. The predicted octanol–water partition coefficient (Wildman–Crippen LogP) is 4.03. The number of hydrogen-bond donors (Lipinski definition) is 0. The largest absolute Gasteiger partial charge is 0.493 e. The number of rotatable bonds is 6.